The van der Waals surface area contributed by atoms with E-state index < -0.39 is 0 Å². The van der Waals surface area contributed by atoms with Crippen molar-refractivity contribution in [3.05, 3.63) is 29.3 Å². The topological polar surface area (TPSA) is 48.3 Å². The van der Waals surface area contributed by atoms with Crippen LogP contribution in [0.25, 0.3) is 0 Å². The molecule has 1 N–H and O–H groups in total. The van der Waals surface area contributed by atoms with Gasteiger partial charge in [0.2, 0.25) is 0 Å². The van der Waals surface area contributed by atoms with Crippen LogP contribution in [0.4, 0.5) is 0 Å². The summed E-state index contributed by atoms with van der Waals surface area (Å²) >= 11 is 0. The number of ether oxygens (including phenoxy) is 1. The van der Waals surface area contributed by atoms with Crippen LogP contribution in [0.5, 0.6) is 5.75 Å². The van der Waals surface area contributed by atoms with E-state index in [9.17, 15) is 0 Å². The molecule has 1 aromatic rings. The van der Waals surface area contributed by atoms with Crippen molar-refractivity contribution in [2.75, 3.05) is 33.3 Å². The van der Waals surface area contributed by atoms with Crippen molar-refractivity contribution in [3.8, 4) is 11.8 Å². The number of nitrogens with one attached hydrogen (secondary N) is 1. The summed E-state index contributed by atoms with van der Waals surface area (Å²) in [5, 5.41) is 12.3. The van der Waals surface area contributed by atoms with E-state index in [4.69, 9.17) is 10.00 Å². The summed E-state index contributed by atoms with van der Waals surface area (Å²) in [5.41, 5.74) is 1.80. The fraction of sp³-hybridized carbons (Fsp3) is 0.500. The summed E-state index contributed by atoms with van der Waals surface area (Å²) < 4.78 is 5.24. The lowest BCUT2D eigenvalue weighted by Crippen LogP contribution is -2.27. The minimum absolute atomic E-state index is 0. The van der Waals surface area contributed by atoms with Crippen LogP contribution < -0.4 is 10.1 Å². The smallest absolute Gasteiger partial charge is 0.136 e. The molecule has 1 saturated heterocycles. The molecule has 4 nitrogen and oxygen atoms in total. The Balaban J connectivity index is 0.00000180. The number of halogens is 1. The number of hydrogen-bond donors (Lipinski definition) is 1. The highest BCUT2D eigenvalue weighted by Crippen LogP contribution is 2.20. The van der Waals surface area contributed by atoms with Gasteiger partial charge in [-0.3, -0.25) is 4.90 Å². The van der Waals surface area contributed by atoms with Crippen molar-refractivity contribution in [3.63, 3.8) is 0 Å². The molecule has 0 aromatic heterocycles. The highest BCUT2D eigenvalue weighted by molar-refractivity contribution is 5.85. The SMILES string of the molecule is COc1cc(CN2CCCNCC2)ccc1C#N.Cl. The Morgan fingerprint density at radius 1 is 1.37 bits per heavy atom. The molecule has 0 bridgehead atoms. The lowest BCUT2D eigenvalue weighted by atomic mass is 10.1. The molecule has 5 heteroatoms. The number of hydrogen-bond acceptors (Lipinski definition) is 4. The number of nitrogens with zero attached hydrogens (tertiary/aromatic N) is 2. The molecule has 1 fully saturated rings. The average Bonchev–Trinajstić information content (AvgIpc) is 2.67. The summed E-state index contributed by atoms with van der Waals surface area (Å²) in [6, 6.07) is 7.96. The molecular formula is C14H20ClN3O. The van der Waals surface area contributed by atoms with E-state index in [0.717, 1.165) is 32.7 Å². The minimum Gasteiger partial charge on any atom is -0.495 e. The second-order valence-electron chi connectivity index (χ2n) is 4.53. The van der Waals surface area contributed by atoms with Gasteiger partial charge in [-0.15, -0.1) is 12.4 Å². The molecule has 19 heavy (non-hydrogen) atoms. The van der Waals surface area contributed by atoms with E-state index in [0.29, 0.717) is 11.3 Å². The van der Waals surface area contributed by atoms with Crippen molar-refractivity contribution in [1.29, 1.82) is 5.26 Å². The first-order valence-electron chi connectivity index (χ1n) is 6.33. The van der Waals surface area contributed by atoms with Crippen LogP contribution in [0.2, 0.25) is 0 Å². The van der Waals surface area contributed by atoms with Crippen molar-refractivity contribution in [2.45, 2.75) is 13.0 Å². The highest BCUT2D eigenvalue weighted by Gasteiger charge is 2.10. The first-order valence-corrected chi connectivity index (χ1v) is 6.33. The third kappa shape index (κ3) is 4.39. The zero-order valence-electron chi connectivity index (χ0n) is 11.2. The molecule has 2 rings (SSSR count). The summed E-state index contributed by atoms with van der Waals surface area (Å²) in [6.07, 6.45) is 1.19. The molecule has 0 aliphatic carbocycles. The molecule has 1 heterocycles. The standard InChI is InChI=1S/C14H19N3O.ClH/c1-18-14-9-12(3-4-13(14)10-15)11-17-7-2-5-16-6-8-17;/h3-4,9,16H,2,5-8,11H2,1H3;1H. The number of methoxy groups -OCH3 is 1. The van der Waals surface area contributed by atoms with Crippen LogP contribution in [-0.4, -0.2) is 38.2 Å². The Hall–Kier alpha value is -1.28. The lowest BCUT2D eigenvalue weighted by Gasteiger charge is -2.19. The Labute approximate surface area is 120 Å². The van der Waals surface area contributed by atoms with Crippen LogP contribution in [0.15, 0.2) is 18.2 Å². The van der Waals surface area contributed by atoms with Gasteiger partial charge in [0.1, 0.15) is 11.8 Å². The van der Waals surface area contributed by atoms with Gasteiger partial charge in [0.15, 0.2) is 0 Å². The summed E-state index contributed by atoms with van der Waals surface area (Å²) in [4.78, 5) is 2.43. The third-order valence-corrected chi connectivity index (χ3v) is 3.23. The van der Waals surface area contributed by atoms with Gasteiger partial charge in [0.05, 0.1) is 12.7 Å². The quantitative estimate of drug-likeness (QED) is 0.918. The lowest BCUT2D eigenvalue weighted by molar-refractivity contribution is 0.284. The first-order chi connectivity index (χ1) is 8.83. The Morgan fingerprint density at radius 3 is 2.95 bits per heavy atom. The predicted molar refractivity (Wildman–Crippen MR) is 77.7 cm³/mol. The van der Waals surface area contributed by atoms with Gasteiger partial charge in [0.25, 0.3) is 0 Å². The van der Waals surface area contributed by atoms with E-state index in [1.54, 1.807) is 7.11 Å². The van der Waals surface area contributed by atoms with Gasteiger partial charge >= 0.3 is 0 Å². The van der Waals surface area contributed by atoms with Gasteiger partial charge in [-0.05, 0) is 37.2 Å². The van der Waals surface area contributed by atoms with Crippen LogP contribution in [0, 0.1) is 11.3 Å². The third-order valence-electron chi connectivity index (χ3n) is 3.23. The van der Waals surface area contributed by atoms with E-state index in [-0.39, 0.29) is 12.4 Å². The molecule has 0 spiro atoms. The minimum atomic E-state index is 0. The molecule has 1 aromatic carbocycles. The molecular weight excluding hydrogens is 262 g/mol. The second-order valence-corrected chi connectivity index (χ2v) is 4.53. The van der Waals surface area contributed by atoms with Crippen LogP contribution in [0.3, 0.4) is 0 Å². The molecule has 0 saturated carbocycles. The van der Waals surface area contributed by atoms with Gasteiger partial charge < -0.3 is 10.1 Å². The maximum absolute atomic E-state index is 8.95. The monoisotopic (exact) mass is 281 g/mol. The summed E-state index contributed by atoms with van der Waals surface area (Å²) in [5.74, 6) is 0.669. The predicted octanol–water partition coefficient (Wildman–Crippen LogP) is 1.78. The van der Waals surface area contributed by atoms with Gasteiger partial charge in [-0.1, -0.05) is 6.07 Å². The molecule has 1 aliphatic rings. The Kier molecular flexibility index (Phi) is 6.65. The zero-order chi connectivity index (χ0) is 12.8. The van der Waals surface area contributed by atoms with E-state index in [1.165, 1.54) is 12.0 Å². The van der Waals surface area contributed by atoms with Gasteiger partial charge in [-0.25, -0.2) is 0 Å². The normalized spacial score (nSPS) is 16.0. The fourth-order valence-corrected chi connectivity index (χ4v) is 2.24. The summed E-state index contributed by atoms with van der Waals surface area (Å²) in [7, 11) is 1.61. The van der Waals surface area contributed by atoms with Gasteiger partial charge in [0, 0.05) is 19.6 Å². The molecule has 0 radical (unpaired) electrons. The van der Waals surface area contributed by atoms with Crippen LogP contribution in [0.1, 0.15) is 17.5 Å². The average molecular weight is 282 g/mol. The highest BCUT2D eigenvalue weighted by atomic mass is 35.5. The molecule has 0 unspecified atom stereocenters. The van der Waals surface area contributed by atoms with E-state index >= 15 is 0 Å². The maximum Gasteiger partial charge on any atom is 0.136 e. The molecule has 1 aliphatic heterocycles. The number of benzene rings is 1. The Morgan fingerprint density at radius 2 is 2.21 bits per heavy atom. The molecule has 0 amide bonds. The van der Waals surface area contributed by atoms with E-state index in [1.807, 2.05) is 18.2 Å². The van der Waals surface area contributed by atoms with Crippen molar-refractivity contribution >= 4 is 12.4 Å². The van der Waals surface area contributed by atoms with Gasteiger partial charge in [-0.2, -0.15) is 5.26 Å². The fourth-order valence-electron chi connectivity index (χ4n) is 2.24. The van der Waals surface area contributed by atoms with Crippen molar-refractivity contribution in [2.24, 2.45) is 0 Å². The zero-order valence-corrected chi connectivity index (χ0v) is 12.0. The number of rotatable bonds is 3. The van der Waals surface area contributed by atoms with Crippen molar-refractivity contribution in [1.82, 2.24) is 10.2 Å². The van der Waals surface area contributed by atoms with E-state index in [2.05, 4.69) is 16.3 Å². The second kappa shape index (κ2) is 8.00. The molecule has 104 valence electrons. The van der Waals surface area contributed by atoms with Crippen LogP contribution in [-0.2, 0) is 6.54 Å². The first kappa shape index (κ1) is 15.8. The maximum atomic E-state index is 8.95. The Bertz CT molecular complexity index is 437. The molecule has 0 atom stereocenters. The largest absolute Gasteiger partial charge is 0.495 e. The van der Waals surface area contributed by atoms with Crippen molar-refractivity contribution < 1.29 is 4.74 Å². The van der Waals surface area contributed by atoms with Crippen LogP contribution >= 0.6 is 12.4 Å². The number of nitriles is 1. The summed E-state index contributed by atoms with van der Waals surface area (Å²) in [6.45, 7) is 5.27.